The average molecular weight is 433 g/mol. The van der Waals surface area contributed by atoms with E-state index in [9.17, 15) is 16.8 Å². The van der Waals surface area contributed by atoms with E-state index in [2.05, 4.69) is 4.72 Å². The average Bonchev–Trinajstić information content (AvgIpc) is 2.61. The molecular weight excluding hydrogens is 412 g/mol. The molecule has 0 unspecified atom stereocenters. The Morgan fingerprint density at radius 2 is 1.59 bits per heavy atom. The number of hydrogen-bond donors (Lipinski definition) is 1. The molecule has 1 N–H and O–H groups in total. The Balaban J connectivity index is 2.02. The highest BCUT2D eigenvalue weighted by molar-refractivity contribution is 7.89. The number of nitrogens with one attached hydrogen (secondary N) is 1. The SMILES string of the molecule is COc1ccc(S(=O)(=O)NCCc2ccc(S(=O)(=O)N(C)C)cc2)cc1Cl. The maximum absolute atomic E-state index is 12.3. The summed E-state index contributed by atoms with van der Waals surface area (Å²) in [6, 6.07) is 10.5. The fourth-order valence-electron chi connectivity index (χ4n) is 2.27. The van der Waals surface area contributed by atoms with Crippen molar-refractivity contribution in [3.8, 4) is 5.75 Å². The van der Waals surface area contributed by atoms with Crippen LogP contribution in [-0.4, -0.2) is 48.9 Å². The Morgan fingerprint density at radius 1 is 1.00 bits per heavy atom. The van der Waals surface area contributed by atoms with Crippen LogP contribution in [0.3, 0.4) is 0 Å². The first-order valence-electron chi connectivity index (χ1n) is 7.92. The number of nitrogens with zero attached hydrogens (tertiary/aromatic N) is 1. The van der Waals surface area contributed by atoms with Crippen LogP contribution in [0.1, 0.15) is 5.56 Å². The summed E-state index contributed by atoms with van der Waals surface area (Å²) >= 11 is 5.97. The smallest absolute Gasteiger partial charge is 0.242 e. The number of benzene rings is 2. The molecule has 2 aromatic rings. The van der Waals surface area contributed by atoms with Gasteiger partial charge in [0.1, 0.15) is 5.75 Å². The molecule has 7 nitrogen and oxygen atoms in total. The summed E-state index contributed by atoms with van der Waals surface area (Å²) in [6.07, 6.45) is 0.408. The number of rotatable bonds is 8. The van der Waals surface area contributed by atoms with Gasteiger partial charge in [0.05, 0.1) is 21.9 Å². The normalized spacial score (nSPS) is 12.3. The van der Waals surface area contributed by atoms with Crippen molar-refractivity contribution in [2.45, 2.75) is 16.2 Å². The third kappa shape index (κ3) is 5.20. The first kappa shape index (κ1) is 21.6. The van der Waals surface area contributed by atoms with Crippen LogP contribution in [0.4, 0.5) is 0 Å². The molecule has 0 atom stereocenters. The molecular formula is C17H21ClN2O5S2. The van der Waals surface area contributed by atoms with Crippen LogP contribution in [0.2, 0.25) is 5.02 Å². The summed E-state index contributed by atoms with van der Waals surface area (Å²) in [5, 5.41) is 0.207. The second kappa shape index (κ2) is 8.57. The van der Waals surface area contributed by atoms with Crippen LogP contribution in [0.5, 0.6) is 5.75 Å². The molecule has 0 aliphatic carbocycles. The van der Waals surface area contributed by atoms with Crippen LogP contribution in [0.25, 0.3) is 0 Å². The predicted octanol–water partition coefficient (Wildman–Crippen LogP) is 2.12. The molecule has 27 heavy (non-hydrogen) atoms. The molecule has 0 aliphatic rings. The third-order valence-electron chi connectivity index (χ3n) is 3.84. The van der Waals surface area contributed by atoms with Gasteiger partial charge in [-0.3, -0.25) is 0 Å². The molecule has 148 valence electrons. The van der Waals surface area contributed by atoms with E-state index >= 15 is 0 Å². The van der Waals surface area contributed by atoms with E-state index in [4.69, 9.17) is 16.3 Å². The van der Waals surface area contributed by atoms with Gasteiger partial charge < -0.3 is 4.74 Å². The van der Waals surface area contributed by atoms with Crippen molar-refractivity contribution in [2.24, 2.45) is 0 Å². The lowest BCUT2D eigenvalue weighted by atomic mass is 10.2. The second-order valence-corrected chi connectivity index (χ2v) is 10.2. The van der Waals surface area contributed by atoms with Gasteiger partial charge in [-0.2, -0.15) is 0 Å². The van der Waals surface area contributed by atoms with Crippen molar-refractivity contribution in [1.29, 1.82) is 0 Å². The van der Waals surface area contributed by atoms with Gasteiger partial charge in [-0.25, -0.2) is 25.9 Å². The lowest BCUT2D eigenvalue weighted by Crippen LogP contribution is -2.26. The van der Waals surface area contributed by atoms with Crippen molar-refractivity contribution in [2.75, 3.05) is 27.7 Å². The molecule has 0 aromatic heterocycles. The molecule has 0 saturated heterocycles. The van der Waals surface area contributed by atoms with Gasteiger partial charge in [0.25, 0.3) is 0 Å². The van der Waals surface area contributed by atoms with Gasteiger partial charge in [0, 0.05) is 20.6 Å². The first-order valence-corrected chi connectivity index (χ1v) is 11.2. The molecule has 0 heterocycles. The number of methoxy groups -OCH3 is 1. The van der Waals surface area contributed by atoms with Crippen LogP contribution < -0.4 is 9.46 Å². The molecule has 10 heteroatoms. The zero-order valence-corrected chi connectivity index (χ0v) is 17.5. The second-order valence-electron chi connectivity index (χ2n) is 5.88. The Bertz CT molecular complexity index is 1000. The molecule has 0 amide bonds. The first-order chi connectivity index (χ1) is 12.6. The fourth-order valence-corrected chi connectivity index (χ4v) is 4.55. The van der Waals surface area contributed by atoms with E-state index in [0.29, 0.717) is 12.2 Å². The predicted molar refractivity (Wildman–Crippen MR) is 104 cm³/mol. The zero-order chi connectivity index (χ0) is 20.2. The minimum absolute atomic E-state index is 0.0423. The maximum atomic E-state index is 12.3. The zero-order valence-electron chi connectivity index (χ0n) is 15.1. The highest BCUT2D eigenvalue weighted by Gasteiger charge is 2.17. The van der Waals surface area contributed by atoms with Gasteiger partial charge in [-0.05, 0) is 42.3 Å². The third-order valence-corrected chi connectivity index (χ3v) is 7.42. The van der Waals surface area contributed by atoms with Crippen molar-refractivity contribution in [3.05, 3.63) is 53.1 Å². The summed E-state index contributed by atoms with van der Waals surface area (Å²) in [7, 11) is -2.83. The monoisotopic (exact) mass is 432 g/mol. The topological polar surface area (TPSA) is 92.8 Å². The van der Waals surface area contributed by atoms with Gasteiger partial charge in [0.2, 0.25) is 20.0 Å². The molecule has 0 aliphatic heterocycles. The van der Waals surface area contributed by atoms with Gasteiger partial charge in [-0.15, -0.1) is 0 Å². The van der Waals surface area contributed by atoms with E-state index in [1.54, 1.807) is 12.1 Å². The fraction of sp³-hybridized carbons (Fsp3) is 0.294. The summed E-state index contributed by atoms with van der Waals surface area (Å²) in [5.74, 6) is 0.392. The Morgan fingerprint density at radius 3 is 2.11 bits per heavy atom. The highest BCUT2D eigenvalue weighted by atomic mass is 35.5. The van der Waals surface area contributed by atoms with E-state index in [-0.39, 0.29) is 21.4 Å². The minimum atomic E-state index is -3.71. The molecule has 2 rings (SSSR count). The molecule has 0 spiro atoms. The molecule has 0 saturated carbocycles. The minimum Gasteiger partial charge on any atom is -0.495 e. The number of hydrogen-bond acceptors (Lipinski definition) is 5. The Labute approximate surface area is 165 Å². The Hall–Kier alpha value is -1.65. The molecule has 2 aromatic carbocycles. The number of ether oxygens (including phenoxy) is 1. The lowest BCUT2D eigenvalue weighted by Gasteiger charge is -2.12. The van der Waals surface area contributed by atoms with E-state index < -0.39 is 20.0 Å². The largest absolute Gasteiger partial charge is 0.495 e. The Kier molecular flexibility index (Phi) is 6.87. The number of halogens is 1. The van der Waals surface area contributed by atoms with Crippen LogP contribution in [-0.2, 0) is 26.5 Å². The van der Waals surface area contributed by atoms with Crippen LogP contribution >= 0.6 is 11.6 Å². The number of sulfonamides is 2. The van der Waals surface area contributed by atoms with Gasteiger partial charge in [0.15, 0.2) is 0 Å². The van der Waals surface area contributed by atoms with Crippen molar-refractivity contribution in [1.82, 2.24) is 9.03 Å². The van der Waals surface area contributed by atoms with Gasteiger partial charge >= 0.3 is 0 Å². The van der Waals surface area contributed by atoms with Crippen molar-refractivity contribution < 1.29 is 21.6 Å². The molecule has 0 radical (unpaired) electrons. The quantitative estimate of drug-likeness (QED) is 0.689. The van der Waals surface area contributed by atoms with Crippen LogP contribution in [0.15, 0.2) is 52.3 Å². The van der Waals surface area contributed by atoms with E-state index in [0.717, 1.165) is 9.87 Å². The van der Waals surface area contributed by atoms with Crippen molar-refractivity contribution >= 4 is 31.6 Å². The lowest BCUT2D eigenvalue weighted by molar-refractivity contribution is 0.414. The standard InChI is InChI=1S/C17H21ClN2O5S2/c1-20(2)27(23,24)14-6-4-13(5-7-14)10-11-19-26(21,22)15-8-9-17(25-3)16(18)12-15/h4-9,12,19H,10-11H2,1-3H3. The molecule has 0 bridgehead atoms. The van der Waals surface area contributed by atoms with E-state index in [1.807, 2.05) is 0 Å². The summed E-state index contributed by atoms with van der Waals surface area (Å²) in [6.45, 7) is 0.158. The summed E-state index contributed by atoms with van der Waals surface area (Å²) < 4.78 is 57.4. The van der Waals surface area contributed by atoms with Crippen molar-refractivity contribution in [3.63, 3.8) is 0 Å². The molecule has 0 fully saturated rings. The highest BCUT2D eigenvalue weighted by Crippen LogP contribution is 2.26. The maximum Gasteiger partial charge on any atom is 0.242 e. The summed E-state index contributed by atoms with van der Waals surface area (Å²) in [5.41, 5.74) is 0.808. The van der Waals surface area contributed by atoms with Crippen LogP contribution in [0, 0.1) is 0 Å². The summed E-state index contributed by atoms with van der Waals surface area (Å²) in [4.78, 5) is 0.227. The van der Waals surface area contributed by atoms with Gasteiger partial charge in [-0.1, -0.05) is 23.7 Å². The van der Waals surface area contributed by atoms with E-state index in [1.165, 1.54) is 51.5 Å².